The molecule has 2 atom stereocenters. The van der Waals surface area contributed by atoms with Gasteiger partial charge in [-0.25, -0.2) is 0 Å². The largest absolute Gasteiger partial charge is 0.298 e. The van der Waals surface area contributed by atoms with Gasteiger partial charge in [0.05, 0.1) is 5.69 Å². The maximum atomic E-state index is 11.0. The molecule has 0 saturated carbocycles. The maximum Gasteiger partial charge on any atom is 0.150 e. The number of carbonyl (C=O) groups excluding carboxylic acids is 1. The van der Waals surface area contributed by atoms with Gasteiger partial charge in [0.25, 0.3) is 0 Å². The van der Waals surface area contributed by atoms with Crippen LogP contribution in [0.15, 0.2) is 53.5 Å². The molecule has 2 heteroatoms. The van der Waals surface area contributed by atoms with E-state index in [0.29, 0.717) is 11.8 Å². The molecule has 2 aromatic rings. The lowest BCUT2D eigenvalue weighted by Gasteiger charge is -2.23. The Morgan fingerprint density at radius 1 is 1.15 bits per heavy atom. The van der Waals surface area contributed by atoms with Gasteiger partial charge in [-0.2, -0.15) is 0 Å². The summed E-state index contributed by atoms with van der Waals surface area (Å²) in [5.41, 5.74) is 4.30. The van der Waals surface area contributed by atoms with Gasteiger partial charge in [-0.05, 0) is 41.5 Å². The van der Waals surface area contributed by atoms with Crippen molar-refractivity contribution < 1.29 is 4.79 Å². The van der Waals surface area contributed by atoms with Crippen LogP contribution in [0.5, 0.6) is 0 Å². The average Bonchev–Trinajstić information content (AvgIpc) is 2.67. The van der Waals surface area contributed by atoms with Crippen LogP contribution in [0.3, 0.4) is 0 Å². The summed E-state index contributed by atoms with van der Waals surface area (Å²) in [4.78, 5) is 15.5. The molecule has 0 spiro atoms. The third-order valence-corrected chi connectivity index (χ3v) is 4.10. The first-order chi connectivity index (χ1) is 9.79. The van der Waals surface area contributed by atoms with Gasteiger partial charge in [0.2, 0.25) is 0 Å². The second-order valence-corrected chi connectivity index (χ2v) is 5.29. The van der Waals surface area contributed by atoms with Crippen LogP contribution in [-0.4, -0.2) is 12.5 Å². The van der Waals surface area contributed by atoms with Crippen LogP contribution in [0, 0.1) is 0 Å². The molecule has 0 radical (unpaired) electrons. The number of aliphatic imine (C=N–C) groups is 1. The lowest BCUT2D eigenvalue weighted by molar-refractivity contribution is 0.112. The molecule has 1 aliphatic rings. The zero-order valence-electron chi connectivity index (χ0n) is 11.5. The van der Waals surface area contributed by atoms with Crippen LogP contribution in [0.25, 0.3) is 0 Å². The van der Waals surface area contributed by atoms with Crippen LogP contribution < -0.4 is 0 Å². The topological polar surface area (TPSA) is 29.4 Å². The number of benzene rings is 2. The van der Waals surface area contributed by atoms with Crippen molar-refractivity contribution in [2.45, 2.75) is 25.2 Å². The van der Waals surface area contributed by atoms with E-state index in [-0.39, 0.29) is 0 Å². The van der Waals surface area contributed by atoms with Crippen molar-refractivity contribution >= 4 is 18.2 Å². The SMILES string of the molecule is CC1c2ccccc2N=CCC1c1cccc(C=O)c1. The lowest BCUT2D eigenvalue weighted by atomic mass is 9.80. The number of para-hydroxylation sites is 1. The van der Waals surface area contributed by atoms with Crippen LogP contribution in [0.1, 0.15) is 46.7 Å². The fraction of sp³-hybridized carbons (Fsp3) is 0.222. The number of rotatable bonds is 2. The highest BCUT2D eigenvalue weighted by atomic mass is 16.1. The Kier molecular flexibility index (Phi) is 3.46. The lowest BCUT2D eigenvalue weighted by Crippen LogP contribution is -2.08. The average molecular weight is 263 g/mol. The predicted molar refractivity (Wildman–Crippen MR) is 82.2 cm³/mol. The van der Waals surface area contributed by atoms with Gasteiger partial charge in [0.1, 0.15) is 6.29 Å². The summed E-state index contributed by atoms with van der Waals surface area (Å²) < 4.78 is 0. The molecule has 0 aliphatic carbocycles. The van der Waals surface area contributed by atoms with Crippen molar-refractivity contribution in [1.29, 1.82) is 0 Å². The van der Waals surface area contributed by atoms with Crippen LogP contribution >= 0.6 is 0 Å². The molecule has 0 N–H and O–H groups in total. The monoisotopic (exact) mass is 263 g/mol. The number of hydrogen-bond donors (Lipinski definition) is 0. The summed E-state index contributed by atoms with van der Waals surface area (Å²) in [7, 11) is 0. The minimum atomic E-state index is 0.363. The molecule has 2 unspecified atom stereocenters. The third kappa shape index (κ3) is 2.29. The van der Waals surface area contributed by atoms with Gasteiger partial charge in [-0.15, -0.1) is 0 Å². The van der Waals surface area contributed by atoms with Crippen molar-refractivity contribution in [1.82, 2.24) is 0 Å². The first-order valence-electron chi connectivity index (χ1n) is 6.96. The Morgan fingerprint density at radius 3 is 2.85 bits per heavy atom. The molecular weight excluding hydrogens is 246 g/mol. The first kappa shape index (κ1) is 12.8. The van der Waals surface area contributed by atoms with Crippen molar-refractivity contribution in [3.8, 4) is 0 Å². The molecule has 0 aromatic heterocycles. The summed E-state index contributed by atoms with van der Waals surface area (Å²) in [6.07, 6.45) is 3.81. The molecule has 0 saturated heterocycles. The summed E-state index contributed by atoms with van der Waals surface area (Å²) >= 11 is 0. The highest BCUT2D eigenvalue weighted by Crippen LogP contribution is 2.40. The minimum absolute atomic E-state index is 0.363. The van der Waals surface area contributed by atoms with Crippen molar-refractivity contribution in [3.63, 3.8) is 0 Å². The van der Waals surface area contributed by atoms with E-state index < -0.39 is 0 Å². The van der Waals surface area contributed by atoms with Crippen LogP contribution in [0.4, 0.5) is 5.69 Å². The van der Waals surface area contributed by atoms with Gasteiger partial charge in [-0.1, -0.05) is 43.3 Å². The van der Waals surface area contributed by atoms with E-state index in [1.807, 2.05) is 30.5 Å². The van der Waals surface area contributed by atoms with Crippen molar-refractivity contribution in [3.05, 3.63) is 65.2 Å². The first-order valence-corrected chi connectivity index (χ1v) is 6.96. The fourth-order valence-corrected chi connectivity index (χ4v) is 2.96. The van der Waals surface area contributed by atoms with E-state index in [4.69, 9.17) is 0 Å². The summed E-state index contributed by atoms with van der Waals surface area (Å²) in [6.45, 7) is 2.24. The van der Waals surface area contributed by atoms with E-state index in [1.54, 1.807) is 0 Å². The molecule has 2 nitrogen and oxygen atoms in total. The number of nitrogens with zero attached hydrogens (tertiary/aromatic N) is 1. The highest BCUT2D eigenvalue weighted by Gasteiger charge is 2.24. The number of hydrogen-bond acceptors (Lipinski definition) is 2. The smallest absolute Gasteiger partial charge is 0.150 e. The third-order valence-electron chi connectivity index (χ3n) is 4.10. The molecule has 0 amide bonds. The van der Waals surface area contributed by atoms with Crippen LogP contribution in [0.2, 0.25) is 0 Å². The summed E-state index contributed by atoms with van der Waals surface area (Å²) in [6, 6.07) is 16.2. The Morgan fingerprint density at radius 2 is 2.00 bits per heavy atom. The fourth-order valence-electron chi connectivity index (χ4n) is 2.96. The second-order valence-electron chi connectivity index (χ2n) is 5.29. The molecular formula is C18H17NO. The van der Waals surface area contributed by atoms with E-state index in [1.165, 1.54) is 11.1 Å². The summed E-state index contributed by atoms with van der Waals surface area (Å²) in [5.74, 6) is 0.748. The standard InChI is InChI=1S/C18H17NO/c1-13-16(15-6-4-5-14(11-15)12-20)9-10-19-18-8-3-2-7-17(13)18/h2-8,10-13,16H,9H2,1H3. The Bertz CT molecular complexity index is 660. The molecule has 100 valence electrons. The Hall–Kier alpha value is -2.22. The van der Waals surface area contributed by atoms with Crippen LogP contribution in [-0.2, 0) is 0 Å². The van der Waals surface area contributed by atoms with Gasteiger partial charge in [-0.3, -0.25) is 9.79 Å². The zero-order valence-corrected chi connectivity index (χ0v) is 11.5. The number of fused-ring (bicyclic) bond motifs is 1. The number of carbonyl (C=O) groups is 1. The highest BCUT2D eigenvalue weighted by molar-refractivity contribution is 5.75. The molecule has 3 rings (SSSR count). The molecule has 2 aromatic carbocycles. The quantitative estimate of drug-likeness (QED) is 0.734. The molecule has 1 heterocycles. The summed E-state index contributed by atoms with van der Waals surface area (Å²) in [5, 5.41) is 0. The van der Waals surface area contributed by atoms with E-state index in [0.717, 1.165) is 24.0 Å². The molecule has 0 bridgehead atoms. The predicted octanol–water partition coefficient (Wildman–Crippen LogP) is 4.49. The zero-order chi connectivity index (χ0) is 13.9. The van der Waals surface area contributed by atoms with E-state index in [9.17, 15) is 4.79 Å². The van der Waals surface area contributed by atoms with Gasteiger partial charge in [0, 0.05) is 11.8 Å². The second kappa shape index (κ2) is 5.41. The van der Waals surface area contributed by atoms with E-state index in [2.05, 4.69) is 36.2 Å². The maximum absolute atomic E-state index is 11.0. The molecule has 0 fully saturated rings. The minimum Gasteiger partial charge on any atom is -0.298 e. The Balaban J connectivity index is 2.03. The normalized spacial score (nSPS) is 21.1. The van der Waals surface area contributed by atoms with Gasteiger partial charge < -0.3 is 0 Å². The van der Waals surface area contributed by atoms with E-state index >= 15 is 0 Å². The molecule has 20 heavy (non-hydrogen) atoms. The number of aldehydes is 1. The van der Waals surface area contributed by atoms with Gasteiger partial charge >= 0.3 is 0 Å². The molecule has 1 aliphatic heterocycles. The van der Waals surface area contributed by atoms with Crippen molar-refractivity contribution in [2.75, 3.05) is 0 Å². The van der Waals surface area contributed by atoms with Gasteiger partial charge in [0.15, 0.2) is 0 Å². The Labute approximate surface area is 119 Å². The van der Waals surface area contributed by atoms with Crippen molar-refractivity contribution in [2.24, 2.45) is 4.99 Å².